The van der Waals surface area contributed by atoms with E-state index in [0.717, 1.165) is 53.9 Å². The van der Waals surface area contributed by atoms with Gasteiger partial charge in [-0.3, -0.25) is 9.59 Å². The highest BCUT2D eigenvalue weighted by Crippen LogP contribution is 2.60. The first-order valence-electron chi connectivity index (χ1n) is 13.3. The van der Waals surface area contributed by atoms with E-state index in [1.165, 1.54) is 19.3 Å². The summed E-state index contributed by atoms with van der Waals surface area (Å²) in [5.74, 6) is 3.23. The molecule has 192 valence electrons. The summed E-state index contributed by atoms with van der Waals surface area (Å²) >= 11 is 0. The average molecular weight is 490 g/mol. The molecule has 0 saturated heterocycles. The van der Waals surface area contributed by atoms with E-state index in [-0.39, 0.29) is 23.3 Å². The smallest absolute Gasteiger partial charge is 0.251 e. The molecule has 4 aliphatic carbocycles. The highest BCUT2D eigenvalue weighted by Gasteiger charge is 2.54. The third kappa shape index (κ3) is 5.15. The lowest BCUT2D eigenvalue weighted by molar-refractivity contribution is -0.146. The summed E-state index contributed by atoms with van der Waals surface area (Å²) in [7, 11) is 5.66. The molecule has 6 nitrogen and oxygen atoms in total. The Balaban J connectivity index is 1.15. The molecule has 2 amide bonds. The number of likely N-dealkylation sites (N-methyl/N-ethyl adjacent to an activating group) is 1. The van der Waals surface area contributed by atoms with Crippen molar-refractivity contribution in [3.63, 3.8) is 0 Å². The second kappa shape index (κ2) is 10.3. The number of nitrogens with one attached hydrogen (secondary N) is 2. The summed E-state index contributed by atoms with van der Waals surface area (Å²) in [6, 6.07) is 15.5. The lowest BCUT2D eigenvalue weighted by Crippen LogP contribution is -2.53. The number of hydrogen-bond donors (Lipinski definition) is 2. The Kier molecular flexibility index (Phi) is 7.07. The van der Waals surface area contributed by atoms with E-state index < -0.39 is 0 Å². The summed E-state index contributed by atoms with van der Waals surface area (Å²) in [6.07, 6.45) is 7.25. The van der Waals surface area contributed by atoms with E-state index in [9.17, 15) is 9.59 Å². The molecule has 0 aliphatic heterocycles. The van der Waals surface area contributed by atoms with Crippen molar-refractivity contribution in [2.24, 2.45) is 23.2 Å². The van der Waals surface area contributed by atoms with Crippen LogP contribution < -0.4 is 15.4 Å². The van der Waals surface area contributed by atoms with Gasteiger partial charge in [0.1, 0.15) is 5.75 Å². The summed E-state index contributed by atoms with van der Waals surface area (Å²) in [4.78, 5) is 28.1. The average Bonchev–Trinajstić information content (AvgIpc) is 2.86. The van der Waals surface area contributed by atoms with E-state index in [4.69, 9.17) is 4.74 Å². The van der Waals surface area contributed by atoms with Gasteiger partial charge in [-0.25, -0.2) is 0 Å². The maximum absolute atomic E-state index is 13.2. The third-order valence-corrected chi connectivity index (χ3v) is 8.75. The topological polar surface area (TPSA) is 70.7 Å². The fourth-order valence-electron chi connectivity index (χ4n) is 7.27. The van der Waals surface area contributed by atoms with Crippen LogP contribution in [0.25, 0.3) is 0 Å². The number of ether oxygens (including phenoxy) is 1. The molecule has 6 rings (SSSR count). The fourth-order valence-corrected chi connectivity index (χ4v) is 7.27. The van der Waals surface area contributed by atoms with Gasteiger partial charge < -0.3 is 20.3 Å². The van der Waals surface area contributed by atoms with Gasteiger partial charge in [0.2, 0.25) is 5.91 Å². The fraction of sp³-hybridized carbons (Fsp3) is 0.533. The van der Waals surface area contributed by atoms with Gasteiger partial charge in [0.15, 0.2) is 0 Å². The molecule has 36 heavy (non-hydrogen) atoms. The molecule has 6 heteroatoms. The minimum Gasteiger partial charge on any atom is -0.497 e. The Morgan fingerprint density at radius 3 is 2.19 bits per heavy atom. The van der Waals surface area contributed by atoms with Crippen LogP contribution in [-0.2, 0) is 11.3 Å². The van der Waals surface area contributed by atoms with Crippen molar-refractivity contribution >= 4 is 11.8 Å². The van der Waals surface area contributed by atoms with Gasteiger partial charge in [0, 0.05) is 24.1 Å². The minimum atomic E-state index is -0.125. The van der Waals surface area contributed by atoms with Crippen molar-refractivity contribution in [1.82, 2.24) is 15.5 Å². The van der Waals surface area contributed by atoms with E-state index in [1.807, 2.05) is 62.6 Å². The van der Waals surface area contributed by atoms with Crippen LogP contribution in [0.5, 0.6) is 5.75 Å². The lowest BCUT2D eigenvalue weighted by atomic mass is 9.49. The maximum atomic E-state index is 13.2. The van der Waals surface area contributed by atoms with Gasteiger partial charge in [-0.1, -0.05) is 24.3 Å². The number of amides is 2. The molecule has 1 unspecified atom stereocenters. The Bertz CT molecular complexity index is 1060. The van der Waals surface area contributed by atoms with Gasteiger partial charge in [-0.05, 0) is 106 Å². The SMILES string of the molecule is COc1cccc(C(CNC(=O)c2ccc(CNC(=O)C34CC5CC(CC(C5)C3)C4)cc2)N(C)C)c1. The van der Waals surface area contributed by atoms with Crippen molar-refractivity contribution in [2.75, 3.05) is 27.7 Å². The number of rotatable bonds is 9. The lowest BCUT2D eigenvalue weighted by Gasteiger charge is -2.55. The van der Waals surface area contributed by atoms with Crippen LogP contribution in [0.1, 0.15) is 66.1 Å². The van der Waals surface area contributed by atoms with Crippen LogP contribution in [0.2, 0.25) is 0 Å². The molecule has 2 aromatic rings. The van der Waals surface area contributed by atoms with Crippen molar-refractivity contribution in [2.45, 2.75) is 51.1 Å². The first kappa shape index (κ1) is 24.8. The van der Waals surface area contributed by atoms with Crippen LogP contribution in [0.3, 0.4) is 0 Å². The highest BCUT2D eigenvalue weighted by atomic mass is 16.5. The second-order valence-electron chi connectivity index (χ2n) is 11.5. The zero-order valence-corrected chi connectivity index (χ0v) is 21.8. The van der Waals surface area contributed by atoms with Gasteiger partial charge in [-0.15, -0.1) is 0 Å². The molecular weight excluding hydrogens is 450 g/mol. The summed E-state index contributed by atoms with van der Waals surface area (Å²) in [5, 5.41) is 6.30. The maximum Gasteiger partial charge on any atom is 0.251 e. The first-order valence-corrected chi connectivity index (χ1v) is 13.3. The van der Waals surface area contributed by atoms with Crippen LogP contribution >= 0.6 is 0 Å². The van der Waals surface area contributed by atoms with Crippen molar-refractivity contribution in [3.05, 3.63) is 65.2 Å². The van der Waals surface area contributed by atoms with E-state index in [1.54, 1.807) is 7.11 Å². The van der Waals surface area contributed by atoms with Gasteiger partial charge in [0.25, 0.3) is 5.91 Å². The molecule has 4 fully saturated rings. The quantitative estimate of drug-likeness (QED) is 0.542. The number of methoxy groups -OCH3 is 1. The van der Waals surface area contributed by atoms with E-state index >= 15 is 0 Å². The van der Waals surface area contributed by atoms with Gasteiger partial charge in [0.05, 0.1) is 13.2 Å². The van der Waals surface area contributed by atoms with Gasteiger partial charge >= 0.3 is 0 Å². The van der Waals surface area contributed by atoms with Crippen molar-refractivity contribution in [3.8, 4) is 5.75 Å². The van der Waals surface area contributed by atoms with Gasteiger partial charge in [-0.2, -0.15) is 0 Å². The molecule has 4 aliphatic rings. The van der Waals surface area contributed by atoms with Crippen molar-refractivity contribution < 1.29 is 14.3 Å². The number of carbonyl (C=O) groups is 2. The Morgan fingerprint density at radius 1 is 0.972 bits per heavy atom. The molecule has 0 spiro atoms. The highest BCUT2D eigenvalue weighted by molar-refractivity contribution is 5.94. The van der Waals surface area contributed by atoms with E-state index in [0.29, 0.717) is 18.7 Å². The zero-order chi connectivity index (χ0) is 25.3. The number of nitrogens with zero attached hydrogens (tertiary/aromatic N) is 1. The summed E-state index contributed by atoms with van der Waals surface area (Å²) in [6.45, 7) is 1.00. The second-order valence-corrected chi connectivity index (χ2v) is 11.5. The number of benzene rings is 2. The van der Waals surface area contributed by atoms with Crippen LogP contribution in [0, 0.1) is 23.2 Å². The zero-order valence-electron chi connectivity index (χ0n) is 21.8. The molecule has 2 N–H and O–H groups in total. The Labute approximate surface area is 214 Å². The van der Waals surface area contributed by atoms with Crippen LogP contribution in [-0.4, -0.2) is 44.5 Å². The summed E-state index contributed by atoms with van der Waals surface area (Å²) < 4.78 is 5.35. The number of hydrogen-bond acceptors (Lipinski definition) is 4. The molecule has 1 atom stereocenters. The monoisotopic (exact) mass is 489 g/mol. The minimum absolute atomic E-state index is 0.0307. The molecule has 0 heterocycles. The first-order chi connectivity index (χ1) is 17.3. The van der Waals surface area contributed by atoms with Crippen LogP contribution in [0.15, 0.2) is 48.5 Å². The molecule has 0 radical (unpaired) electrons. The van der Waals surface area contributed by atoms with Crippen LogP contribution in [0.4, 0.5) is 0 Å². The third-order valence-electron chi connectivity index (χ3n) is 8.75. The predicted molar refractivity (Wildman–Crippen MR) is 141 cm³/mol. The summed E-state index contributed by atoms with van der Waals surface area (Å²) in [5.41, 5.74) is 2.60. The molecule has 0 aromatic heterocycles. The standard InChI is InChI=1S/C30H39N3O3/c1-33(2)27(25-5-4-6-26(14-25)36-3)19-31-28(34)24-9-7-20(8-10-24)18-32-29(35)30-15-21-11-22(16-30)13-23(12-21)17-30/h4-10,14,21-23,27H,11-13,15-19H2,1-3H3,(H,31,34)(H,32,35). The normalized spacial score (nSPS) is 27.1. The largest absolute Gasteiger partial charge is 0.497 e. The Morgan fingerprint density at radius 2 is 1.61 bits per heavy atom. The Hall–Kier alpha value is -2.86. The van der Waals surface area contributed by atoms with E-state index in [2.05, 4.69) is 15.5 Å². The molecule has 4 bridgehead atoms. The molecule has 4 saturated carbocycles. The molecular formula is C30H39N3O3. The predicted octanol–water partition coefficient (Wildman–Crippen LogP) is 4.56. The number of carbonyl (C=O) groups excluding carboxylic acids is 2. The molecule has 2 aromatic carbocycles. The van der Waals surface area contributed by atoms with Crippen molar-refractivity contribution in [1.29, 1.82) is 0 Å².